The van der Waals surface area contributed by atoms with Gasteiger partial charge >= 0.3 is 0 Å². The minimum absolute atomic E-state index is 0.0342. The molecule has 0 aliphatic carbocycles. The Morgan fingerprint density at radius 1 is 1.37 bits per heavy atom. The van der Waals surface area contributed by atoms with Gasteiger partial charge in [0.15, 0.2) is 0 Å². The summed E-state index contributed by atoms with van der Waals surface area (Å²) < 4.78 is 43.0. The first-order chi connectivity index (χ1) is 14.3. The minimum atomic E-state index is -3.80. The number of fused-ring (bicyclic) bond motifs is 1. The Labute approximate surface area is 185 Å². The van der Waals surface area contributed by atoms with E-state index in [4.69, 9.17) is 11.6 Å². The Morgan fingerprint density at radius 2 is 2.20 bits per heavy atom. The van der Waals surface area contributed by atoms with E-state index in [0.29, 0.717) is 29.3 Å². The average Bonchev–Trinajstić information content (AvgIpc) is 3.17. The molecular weight excluding hydrogens is 449 g/mol. The molecule has 0 saturated carbocycles. The number of hydrogen-bond donors (Lipinski definition) is 2. The second kappa shape index (κ2) is 9.00. The number of hydrogen-bond acceptors (Lipinski definition) is 5. The molecule has 2 N–H and O–H groups in total. The summed E-state index contributed by atoms with van der Waals surface area (Å²) in [7, 11) is -3.80. The molecule has 1 fully saturated rings. The highest BCUT2D eigenvalue weighted by Crippen LogP contribution is 2.35. The Bertz CT molecular complexity index is 1010. The van der Waals surface area contributed by atoms with Gasteiger partial charge in [-0.05, 0) is 49.4 Å². The molecule has 1 aromatic rings. The van der Waals surface area contributed by atoms with Crippen molar-refractivity contribution in [3.05, 3.63) is 51.0 Å². The molecule has 0 aromatic heterocycles. The molecule has 4 rings (SSSR count). The topological polar surface area (TPSA) is 78.5 Å². The first-order valence-electron chi connectivity index (χ1n) is 9.89. The Balaban J connectivity index is 1.45. The van der Waals surface area contributed by atoms with Crippen molar-refractivity contribution >= 4 is 45.0 Å². The fraction of sp³-hybridized carbons (Fsp3) is 0.450. The van der Waals surface area contributed by atoms with E-state index in [-0.39, 0.29) is 29.7 Å². The van der Waals surface area contributed by atoms with Crippen LogP contribution >= 0.6 is 23.4 Å². The molecule has 0 spiro atoms. The molecular formula is C20H23ClFN3O3S2. The summed E-state index contributed by atoms with van der Waals surface area (Å²) in [4.78, 5) is 14.2. The molecule has 3 heterocycles. The number of thioether (sulfide) groups is 1. The number of amides is 1. The van der Waals surface area contributed by atoms with Crippen LogP contribution in [-0.2, 0) is 27.8 Å². The van der Waals surface area contributed by atoms with Crippen molar-refractivity contribution in [2.75, 3.05) is 18.0 Å². The van der Waals surface area contributed by atoms with Crippen LogP contribution < -0.4 is 14.9 Å². The van der Waals surface area contributed by atoms with Gasteiger partial charge in [0.25, 0.3) is 0 Å². The number of rotatable bonds is 5. The van der Waals surface area contributed by atoms with Gasteiger partial charge in [-0.2, -0.15) is 4.72 Å². The lowest BCUT2D eigenvalue weighted by atomic mass is 10.0. The molecule has 1 unspecified atom stereocenters. The van der Waals surface area contributed by atoms with Crippen LogP contribution in [0.25, 0.3) is 0 Å². The van der Waals surface area contributed by atoms with Crippen LogP contribution in [0.15, 0.2) is 34.1 Å². The molecule has 1 saturated heterocycles. The van der Waals surface area contributed by atoms with Crippen LogP contribution in [0, 0.1) is 5.82 Å². The number of nitrogens with one attached hydrogen (secondary N) is 2. The summed E-state index contributed by atoms with van der Waals surface area (Å²) >= 11 is 7.28. The molecule has 6 nitrogen and oxygen atoms in total. The zero-order valence-electron chi connectivity index (χ0n) is 16.2. The Kier molecular flexibility index (Phi) is 6.55. The van der Waals surface area contributed by atoms with Gasteiger partial charge < -0.3 is 10.2 Å². The van der Waals surface area contributed by atoms with Gasteiger partial charge in [0.2, 0.25) is 15.9 Å². The number of carbonyl (C=O) groups excluding carboxylic acids is 1. The summed E-state index contributed by atoms with van der Waals surface area (Å²) in [5, 5.41) is 4.30. The Morgan fingerprint density at radius 3 is 2.97 bits per heavy atom. The largest absolute Gasteiger partial charge is 0.313 e. The van der Waals surface area contributed by atoms with Gasteiger partial charge in [0.05, 0.1) is 10.1 Å². The van der Waals surface area contributed by atoms with Crippen LogP contribution in [0.3, 0.4) is 0 Å². The first-order valence-corrected chi connectivity index (χ1v) is 12.7. The van der Waals surface area contributed by atoms with E-state index in [1.54, 1.807) is 12.1 Å². The predicted molar refractivity (Wildman–Crippen MR) is 118 cm³/mol. The number of allylic oxidation sites excluding steroid dienone is 1. The Hall–Kier alpha value is -1.39. The van der Waals surface area contributed by atoms with Crippen LogP contribution in [0.2, 0.25) is 0 Å². The molecule has 0 radical (unpaired) electrons. The highest BCUT2D eigenvalue weighted by molar-refractivity contribution is 8.05. The third-order valence-corrected chi connectivity index (χ3v) is 8.06. The number of halogens is 2. The summed E-state index contributed by atoms with van der Waals surface area (Å²) in [5.41, 5.74) is 1.77. The maximum atomic E-state index is 15.2. The molecule has 162 valence electrons. The average molecular weight is 472 g/mol. The number of sulfonamides is 1. The fourth-order valence-corrected chi connectivity index (χ4v) is 6.38. The second-order valence-corrected chi connectivity index (χ2v) is 11.0. The zero-order valence-corrected chi connectivity index (χ0v) is 18.6. The van der Waals surface area contributed by atoms with Crippen molar-refractivity contribution in [1.82, 2.24) is 10.0 Å². The lowest BCUT2D eigenvalue weighted by molar-refractivity contribution is -0.118. The quantitative estimate of drug-likeness (QED) is 0.690. The molecule has 1 amide bonds. The van der Waals surface area contributed by atoms with Crippen molar-refractivity contribution < 1.29 is 17.6 Å². The summed E-state index contributed by atoms with van der Waals surface area (Å²) in [6.45, 7) is 1.70. The standard InChI is InChI=1S/C20H23ClFN3O3S2/c21-18-6-4-14(29-18)8-11-30(27,28)24-16-7-10-25(20(16)26)17-5-3-13-12-23-9-1-2-15(13)19(17)22/h3,5-6,8,11,14,16,23-24H,1-2,4,7,9-10,12H2/b11-8+/t14?,16-/m0/s1. The van der Waals surface area contributed by atoms with Gasteiger partial charge in [0.1, 0.15) is 11.9 Å². The van der Waals surface area contributed by atoms with Crippen LogP contribution in [0.1, 0.15) is 30.4 Å². The van der Waals surface area contributed by atoms with Gasteiger partial charge in [-0.15, -0.1) is 11.8 Å². The molecule has 0 bridgehead atoms. The predicted octanol–water partition coefficient (Wildman–Crippen LogP) is 2.99. The number of benzene rings is 1. The molecule has 1 aromatic carbocycles. The number of nitrogens with zero attached hydrogens (tertiary/aromatic N) is 1. The summed E-state index contributed by atoms with van der Waals surface area (Å²) in [5.74, 6) is -0.812. The van der Waals surface area contributed by atoms with Crippen LogP contribution in [0.5, 0.6) is 0 Å². The smallest absolute Gasteiger partial charge is 0.245 e. The minimum Gasteiger partial charge on any atom is -0.313 e. The van der Waals surface area contributed by atoms with Gasteiger partial charge in [-0.25, -0.2) is 12.8 Å². The van der Waals surface area contributed by atoms with Gasteiger partial charge in [0, 0.05) is 23.7 Å². The van der Waals surface area contributed by atoms with Crippen molar-refractivity contribution in [1.29, 1.82) is 0 Å². The fourth-order valence-electron chi connectivity index (χ4n) is 3.93. The molecule has 3 aliphatic rings. The van der Waals surface area contributed by atoms with E-state index in [1.807, 2.05) is 12.1 Å². The van der Waals surface area contributed by atoms with E-state index in [9.17, 15) is 13.2 Å². The summed E-state index contributed by atoms with van der Waals surface area (Å²) in [6.07, 6.45) is 5.80. The van der Waals surface area contributed by atoms with Gasteiger partial charge in [-0.1, -0.05) is 29.8 Å². The molecule has 2 atom stereocenters. The lowest BCUT2D eigenvalue weighted by Crippen LogP contribution is -2.41. The lowest BCUT2D eigenvalue weighted by Gasteiger charge is -2.20. The molecule has 10 heteroatoms. The van der Waals surface area contributed by atoms with E-state index in [2.05, 4.69) is 10.0 Å². The first kappa shape index (κ1) is 21.8. The van der Waals surface area contributed by atoms with Gasteiger partial charge in [-0.3, -0.25) is 4.79 Å². The maximum Gasteiger partial charge on any atom is 0.245 e. The normalized spacial score (nSPS) is 24.9. The third-order valence-electron chi connectivity index (χ3n) is 5.47. The third kappa shape index (κ3) is 4.75. The van der Waals surface area contributed by atoms with Crippen molar-refractivity contribution in [2.45, 2.75) is 43.5 Å². The monoisotopic (exact) mass is 471 g/mol. The van der Waals surface area contributed by atoms with Crippen molar-refractivity contribution in [2.24, 2.45) is 0 Å². The highest BCUT2D eigenvalue weighted by atomic mass is 35.5. The molecule has 3 aliphatic heterocycles. The van der Waals surface area contributed by atoms with Crippen LogP contribution in [-0.4, -0.2) is 38.7 Å². The van der Waals surface area contributed by atoms with Crippen molar-refractivity contribution in [3.63, 3.8) is 0 Å². The van der Waals surface area contributed by atoms with E-state index >= 15 is 4.39 Å². The van der Waals surface area contributed by atoms with Crippen molar-refractivity contribution in [3.8, 4) is 0 Å². The van der Waals surface area contributed by atoms with E-state index in [0.717, 1.165) is 23.9 Å². The number of anilines is 1. The second-order valence-electron chi connectivity index (χ2n) is 7.54. The SMILES string of the molecule is O=C1[C@@H](NS(=O)(=O)/C=C/C2CC=C(Cl)S2)CCN1c1ccc2c(c1F)CCCNC2. The van der Waals surface area contributed by atoms with Crippen LogP contribution in [0.4, 0.5) is 10.1 Å². The maximum absolute atomic E-state index is 15.2. The zero-order chi connectivity index (χ0) is 21.3. The summed E-state index contributed by atoms with van der Waals surface area (Å²) in [6, 6.07) is 2.56. The van der Waals surface area contributed by atoms with E-state index in [1.165, 1.54) is 16.7 Å². The molecule has 30 heavy (non-hydrogen) atoms. The highest BCUT2D eigenvalue weighted by Gasteiger charge is 2.36. The van der Waals surface area contributed by atoms with E-state index < -0.39 is 22.0 Å². The number of carbonyl (C=O) groups is 1.